The lowest BCUT2D eigenvalue weighted by Crippen LogP contribution is -2.36. The zero-order valence-electron chi connectivity index (χ0n) is 13.8. The Labute approximate surface area is 134 Å². The molecule has 0 amide bonds. The molecule has 3 rings (SSSR count). The highest BCUT2D eigenvalue weighted by Gasteiger charge is 2.24. The molecule has 4 heteroatoms. The number of hydrogen-bond acceptors (Lipinski definition) is 3. The SMILES string of the molecule is OCCn1ccc([C@H]2CCCN(CCC3CCCCC3)C2)n1. The minimum atomic E-state index is 0.166. The Bertz CT molecular complexity index is 439. The van der Waals surface area contributed by atoms with Crippen LogP contribution in [0.25, 0.3) is 0 Å². The van der Waals surface area contributed by atoms with Gasteiger partial charge in [-0.3, -0.25) is 4.68 Å². The van der Waals surface area contributed by atoms with Crippen LogP contribution in [0.2, 0.25) is 0 Å². The predicted molar refractivity (Wildman–Crippen MR) is 88.9 cm³/mol. The van der Waals surface area contributed by atoms with Crippen molar-refractivity contribution in [3.05, 3.63) is 18.0 Å². The van der Waals surface area contributed by atoms with Gasteiger partial charge in [-0.25, -0.2) is 0 Å². The highest BCUT2D eigenvalue weighted by Crippen LogP contribution is 2.29. The van der Waals surface area contributed by atoms with Crippen molar-refractivity contribution in [2.45, 2.75) is 63.8 Å². The van der Waals surface area contributed by atoms with E-state index in [2.05, 4.69) is 16.1 Å². The summed E-state index contributed by atoms with van der Waals surface area (Å²) in [4.78, 5) is 2.66. The second-order valence-electron chi connectivity index (χ2n) is 7.16. The first-order valence-electron chi connectivity index (χ1n) is 9.21. The highest BCUT2D eigenvalue weighted by atomic mass is 16.3. The van der Waals surface area contributed by atoms with Gasteiger partial charge in [0.1, 0.15) is 0 Å². The zero-order chi connectivity index (χ0) is 15.2. The fourth-order valence-electron chi connectivity index (χ4n) is 4.16. The Kier molecular flexibility index (Phi) is 5.90. The number of aromatic nitrogens is 2. The van der Waals surface area contributed by atoms with Crippen LogP contribution in [0.5, 0.6) is 0 Å². The zero-order valence-corrected chi connectivity index (χ0v) is 13.8. The van der Waals surface area contributed by atoms with Gasteiger partial charge in [0.05, 0.1) is 18.8 Å². The molecular formula is C18H31N3O. The maximum atomic E-state index is 9.01. The minimum absolute atomic E-state index is 0.166. The molecule has 2 fully saturated rings. The second kappa shape index (κ2) is 8.11. The summed E-state index contributed by atoms with van der Waals surface area (Å²) >= 11 is 0. The molecule has 22 heavy (non-hydrogen) atoms. The highest BCUT2D eigenvalue weighted by molar-refractivity contribution is 5.08. The molecule has 1 aromatic heterocycles. The smallest absolute Gasteiger partial charge is 0.0668 e. The van der Waals surface area contributed by atoms with E-state index in [1.165, 1.54) is 76.7 Å². The number of piperidine rings is 1. The lowest BCUT2D eigenvalue weighted by molar-refractivity contribution is 0.183. The molecule has 4 nitrogen and oxygen atoms in total. The largest absolute Gasteiger partial charge is 0.394 e. The molecule has 2 heterocycles. The van der Waals surface area contributed by atoms with E-state index in [1.54, 1.807) is 0 Å². The van der Waals surface area contributed by atoms with E-state index in [1.807, 2.05) is 10.9 Å². The number of hydrogen-bond donors (Lipinski definition) is 1. The van der Waals surface area contributed by atoms with Gasteiger partial charge >= 0.3 is 0 Å². The summed E-state index contributed by atoms with van der Waals surface area (Å²) in [5.41, 5.74) is 1.22. The first-order chi connectivity index (χ1) is 10.8. The van der Waals surface area contributed by atoms with Crippen molar-refractivity contribution in [3.63, 3.8) is 0 Å². The summed E-state index contributed by atoms with van der Waals surface area (Å²) in [6.45, 7) is 4.49. The van der Waals surface area contributed by atoms with Crippen molar-refractivity contribution in [2.24, 2.45) is 5.92 Å². The molecular weight excluding hydrogens is 274 g/mol. The predicted octanol–water partition coefficient (Wildman–Crippen LogP) is 3.03. The second-order valence-corrected chi connectivity index (χ2v) is 7.16. The van der Waals surface area contributed by atoms with Crippen molar-refractivity contribution >= 4 is 0 Å². The van der Waals surface area contributed by atoms with Crippen LogP contribution >= 0.6 is 0 Å². The van der Waals surface area contributed by atoms with Crippen molar-refractivity contribution in [1.29, 1.82) is 0 Å². The summed E-state index contributed by atoms with van der Waals surface area (Å²) in [6.07, 6.45) is 13.2. The topological polar surface area (TPSA) is 41.3 Å². The first kappa shape index (κ1) is 16.0. The first-order valence-corrected chi connectivity index (χ1v) is 9.21. The lowest BCUT2D eigenvalue weighted by Gasteiger charge is -2.33. The van der Waals surface area contributed by atoms with Gasteiger partial charge in [0, 0.05) is 18.7 Å². The van der Waals surface area contributed by atoms with E-state index in [0.717, 1.165) is 5.92 Å². The Morgan fingerprint density at radius 2 is 1.95 bits per heavy atom. The van der Waals surface area contributed by atoms with Gasteiger partial charge < -0.3 is 10.0 Å². The quantitative estimate of drug-likeness (QED) is 0.878. The van der Waals surface area contributed by atoms with Gasteiger partial charge in [-0.15, -0.1) is 0 Å². The van der Waals surface area contributed by atoms with Crippen LogP contribution in [0.15, 0.2) is 12.3 Å². The Balaban J connectivity index is 1.47. The monoisotopic (exact) mass is 305 g/mol. The average Bonchev–Trinajstić information content (AvgIpc) is 3.03. The Hall–Kier alpha value is -0.870. The molecule has 1 aromatic rings. The van der Waals surface area contributed by atoms with Crippen molar-refractivity contribution < 1.29 is 5.11 Å². The molecule has 0 aromatic carbocycles. The van der Waals surface area contributed by atoms with E-state index in [0.29, 0.717) is 12.5 Å². The average molecular weight is 305 g/mol. The van der Waals surface area contributed by atoms with Crippen LogP contribution in [0.3, 0.4) is 0 Å². The maximum absolute atomic E-state index is 9.01. The number of aliphatic hydroxyl groups excluding tert-OH is 1. The molecule has 1 saturated heterocycles. The number of aliphatic hydroxyl groups is 1. The summed E-state index contributed by atoms with van der Waals surface area (Å²) < 4.78 is 1.87. The van der Waals surface area contributed by atoms with Crippen molar-refractivity contribution in [2.75, 3.05) is 26.2 Å². The molecule has 0 radical (unpaired) electrons. The van der Waals surface area contributed by atoms with Crippen LogP contribution in [0.1, 0.15) is 63.0 Å². The fraction of sp³-hybridized carbons (Fsp3) is 0.833. The van der Waals surface area contributed by atoms with Crippen molar-refractivity contribution in [3.8, 4) is 0 Å². The van der Waals surface area contributed by atoms with E-state index in [4.69, 9.17) is 5.11 Å². The van der Waals surface area contributed by atoms with Crippen LogP contribution in [-0.2, 0) is 6.54 Å². The van der Waals surface area contributed by atoms with Crippen molar-refractivity contribution in [1.82, 2.24) is 14.7 Å². The number of rotatable bonds is 6. The van der Waals surface area contributed by atoms with Gasteiger partial charge in [-0.2, -0.15) is 5.10 Å². The molecule has 1 N–H and O–H groups in total. The standard InChI is InChI=1S/C18H31N3O/c22-14-13-21-12-9-18(19-21)17-7-4-10-20(15-17)11-8-16-5-2-1-3-6-16/h9,12,16-17,22H,1-8,10-11,13-15H2/t17-/m0/s1. The minimum Gasteiger partial charge on any atom is -0.394 e. The van der Waals surface area contributed by atoms with Gasteiger partial charge in [-0.05, 0) is 44.3 Å². The van der Waals surface area contributed by atoms with Crippen LogP contribution in [-0.4, -0.2) is 46.0 Å². The van der Waals surface area contributed by atoms with Crippen LogP contribution in [0, 0.1) is 5.92 Å². The Morgan fingerprint density at radius 1 is 1.09 bits per heavy atom. The third-order valence-corrected chi connectivity index (χ3v) is 5.49. The van der Waals surface area contributed by atoms with Crippen LogP contribution < -0.4 is 0 Å². The normalized spacial score (nSPS) is 24.7. The molecule has 124 valence electrons. The van der Waals surface area contributed by atoms with Gasteiger partial charge in [-0.1, -0.05) is 32.1 Å². The number of nitrogens with zero attached hydrogens (tertiary/aromatic N) is 3. The molecule has 2 aliphatic rings. The summed E-state index contributed by atoms with van der Waals surface area (Å²) in [7, 11) is 0. The number of likely N-dealkylation sites (tertiary alicyclic amines) is 1. The lowest BCUT2D eigenvalue weighted by atomic mass is 9.86. The van der Waals surface area contributed by atoms with E-state index in [9.17, 15) is 0 Å². The van der Waals surface area contributed by atoms with Gasteiger partial charge in [0.15, 0.2) is 0 Å². The Morgan fingerprint density at radius 3 is 2.77 bits per heavy atom. The van der Waals surface area contributed by atoms with Gasteiger partial charge in [0.25, 0.3) is 0 Å². The summed E-state index contributed by atoms with van der Waals surface area (Å²) in [6, 6.07) is 2.14. The third kappa shape index (κ3) is 4.32. The van der Waals surface area contributed by atoms with E-state index in [-0.39, 0.29) is 6.61 Å². The fourth-order valence-corrected chi connectivity index (χ4v) is 4.16. The molecule has 1 atom stereocenters. The molecule has 0 unspecified atom stereocenters. The summed E-state index contributed by atoms with van der Waals surface area (Å²) in [5, 5.41) is 13.6. The molecule has 1 saturated carbocycles. The summed E-state index contributed by atoms with van der Waals surface area (Å²) in [5.74, 6) is 1.57. The third-order valence-electron chi connectivity index (χ3n) is 5.49. The van der Waals surface area contributed by atoms with E-state index < -0.39 is 0 Å². The maximum Gasteiger partial charge on any atom is 0.0668 e. The molecule has 1 aliphatic carbocycles. The molecule has 0 spiro atoms. The van der Waals surface area contributed by atoms with E-state index >= 15 is 0 Å². The molecule has 1 aliphatic heterocycles. The van der Waals surface area contributed by atoms with Crippen LogP contribution in [0.4, 0.5) is 0 Å². The molecule has 0 bridgehead atoms. The van der Waals surface area contributed by atoms with Gasteiger partial charge in [0.2, 0.25) is 0 Å².